The fraction of sp³-hybridized carbons (Fsp3) is 0.600. The van der Waals surface area contributed by atoms with Crippen LogP contribution in [0.25, 0.3) is 0 Å². The number of nitrogens with zero attached hydrogens (tertiary/aromatic N) is 1. The van der Waals surface area contributed by atoms with Crippen molar-refractivity contribution >= 4 is 44.8 Å². The minimum absolute atomic E-state index is 0.590. The molecule has 20 heavy (non-hydrogen) atoms. The van der Waals surface area contributed by atoms with Crippen LogP contribution in [-0.2, 0) is 0 Å². The van der Waals surface area contributed by atoms with E-state index in [1.54, 1.807) is 0 Å². The molecule has 2 nitrogen and oxygen atoms in total. The molecule has 3 rings (SSSR count). The van der Waals surface area contributed by atoms with Crippen LogP contribution in [0.5, 0.6) is 0 Å². The summed E-state index contributed by atoms with van der Waals surface area (Å²) in [6, 6.07) is 5.93. The predicted molar refractivity (Wildman–Crippen MR) is 90.1 cm³/mol. The normalized spacial score (nSPS) is 29.0. The summed E-state index contributed by atoms with van der Waals surface area (Å²) in [5.74, 6) is 0. The number of piperidine rings is 1. The summed E-state index contributed by atoms with van der Waals surface area (Å²) in [5, 5.41) is 4.90. The minimum Gasteiger partial charge on any atom is -0.364 e. The topological polar surface area (TPSA) is 15.3 Å². The first kappa shape index (κ1) is 15.0. The second kappa shape index (κ2) is 6.04. The molecule has 5 heteroatoms. The summed E-state index contributed by atoms with van der Waals surface area (Å²) in [7, 11) is 0. The lowest BCUT2D eigenvalue weighted by atomic mass is 9.96. The van der Waals surface area contributed by atoms with E-state index >= 15 is 0 Å². The average Bonchev–Trinajstić information content (AvgIpc) is 2.68. The van der Waals surface area contributed by atoms with Gasteiger partial charge in [-0.25, -0.2) is 0 Å². The molecule has 110 valence electrons. The van der Waals surface area contributed by atoms with Gasteiger partial charge in [-0.2, -0.15) is 0 Å². The number of halogens is 3. The van der Waals surface area contributed by atoms with Crippen LogP contribution in [0.1, 0.15) is 32.6 Å². The van der Waals surface area contributed by atoms with E-state index < -0.39 is 0 Å². The maximum absolute atomic E-state index is 6.47. The first-order valence-corrected chi connectivity index (χ1v) is 8.82. The molecule has 2 saturated heterocycles. The van der Waals surface area contributed by atoms with Crippen molar-refractivity contribution in [1.29, 1.82) is 0 Å². The summed E-state index contributed by atoms with van der Waals surface area (Å²) in [6.07, 6.45) is 4.93. The van der Waals surface area contributed by atoms with Gasteiger partial charge in [-0.3, -0.25) is 0 Å². The van der Waals surface area contributed by atoms with Gasteiger partial charge in [-0.15, -0.1) is 0 Å². The van der Waals surface area contributed by atoms with Gasteiger partial charge >= 0.3 is 0 Å². The van der Waals surface area contributed by atoms with Crippen LogP contribution in [0.4, 0.5) is 5.69 Å². The number of anilines is 1. The third-order valence-electron chi connectivity index (χ3n) is 4.52. The number of rotatable bonds is 3. The summed E-state index contributed by atoms with van der Waals surface area (Å²) in [5.41, 5.74) is 1.10. The SMILES string of the molecule is CCNC1CC2CCC(C1)N2c1ccc(Br)c(Cl)c1Cl. The number of hydrogen-bond donors (Lipinski definition) is 1. The van der Waals surface area contributed by atoms with Crippen molar-refractivity contribution < 1.29 is 0 Å². The van der Waals surface area contributed by atoms with E-state index in [2.05, 4.69) is 39.1 Å². The van der Waals surface area contributed by atoms with Gasteiger partial charge in [0, 0.05) is 22.6 Å². The van der Waals surface area contributed by atoms with Gasteiger partial charge in [-0.05, 0) is 60.3 Å². The lowest BCUT2D eigenvalue weighted by Crippen LogP contribution is -2.49. The van der Waals surface area contributed by atoms with E-state index in [1.807, 2.05) is 6.07 Å². The first-order valence-electron chi connectivity index (χ1n) is 7.27. The van der Waals surface area contributed by atoms with Gasteiger partial charge in [0.1, 0.15) is 0 Å². The first-order chi connectivity index (χ1) is 9.61. The van der Waals surface area contributed by atoms with E-state index in [4.69, 9.17) is 23.2 Å². The molecule has 2 aliphatic rings. The van der Waals surface area contributed by atoms with Crippen LogP contribution < -0.4 is 10.2 Å². The van der Waals surface area contributed by atoms with E-state index in [9.17, 15) is 0 Å². The quantitative estimate of drug-likeness (QED) is 0.756. The van der Waals surface area contributed by atoms with Gasteiger partial charge < -0.3 is 10.2 Å². The molecule has 0 aromatic heterocycles. The molecule has 2 fully saturated rings. The molecule has 0 aliphatic carbocycles. The summed E-state index contributed by atoms with van der Waals surface area (Å²) >= 11 is 16.2. The highest BCUT2D eigenvalue weighted by Gasteiger charge is 2.41. The fourth-order valence-electron chi connectivity index (χ4n) is 3.74. The Balaban J connectivity index is 1.88. The molecule has 2 aliphatic heterocycles. The Labute approximate surface area is 138 Å². The van der Waals surface area contributed by atoms with Gasteiger partial charge in [-0.1, -0.05) is 30.1 Å². The highest BCUT2D eigenvalue weighted by atomic mass is 79.9. The Kier molecular flexibility index (Phi) is 4.51. The smallest absolute Gasteiger partial charge is 0.0837 e. The molecule has 0 amide bonds. The van der Waals surface area contributed by atoms with Crippen LogP contribution in [0, 0.1) is 0 Å². The second-order valence-electron chi connectivity index (χ2n) is 5.71. The van der Waals surface area contributed by atoms with E-state index in [-0.39, 0.29) is 0 Å². The highest BCUT2D eigenvalue weighted by Crippen LogP contribution is 2.45. The maximum atomic E-state index is 6.47. The Morgan fingerprint density at radius 3 is 2.45 bits per heavy atom. The van der Waals surface area contributed by atoms with Crippen LogP contribution in [0.15, 0.2) is 16.6 Å². The Bertz CT molecular complexity index is 495. The standard InChI is InChI=1S/C15H19BrCl2N2/c1-2-19-9-7-10-3-4-11(8-9)20(10)13-6-5-12(16)14(17)15(13)18/h5-6,9-11,19H,2-4,7-8H2,1H3. The fourth-order valence-corrected chi connectivity index (χ4v) is 4.61. The van der Waals surface area contributed by atoms with Crippen LogP contribution in [0.2, 0.25) is 10.0 Å². The van der Waals surface area contributed by atoms with Crippen molar-refractivity contribution in [2.75, 3.05) is 11.4 Å². The molecule has 0 spiro atoms. The molecule has 0 saturated carbocycles. The second-order valence-corrected chi connectivity index (χ2v) is 7.32. The zero-order valence-corrected chi connectivity index (χ0v) is 14.6. The van der Waals surface area contributed by atoms with Crippen LogP contribution >= 0.6 is 39.1 Å². The van der Waals surface area contributed by atoms with Crippen molar-refractivity contribution in [1.82, 2.24) is 5.32 Å². The Morgan fingerprint density at radius 1 is 1.20 bits per heavy atom. The van der Waals surface area contributed by atoms with Crippen molar-refractivity contribution in [2.24, 2.45) is 0 Å². The number of nitrogens with one attached hydrogen (secondary N) is 1. The molecule has 2 bridgehead atoms. The minimum atomic E-state index is 0.590. The average molecular weight is 378 g/mol. The maximum Gasteiger partial charge on any atom is 0.0837 e. The largest absolute Gasteiger partial charge is 0.364 e. The highest BCUT2D eigenvalue weighted by molar-refractivity contribution is 9.10. The Morgan fingerprint density at radius 2 is 1.85 bits per heavy atom. The predicted octanol–water partition coefficient (Wildman–Crippen LogP) is 4.87. The molecular formula is C15H19BrCl2N2. The van der Waals surface area contributed by atoms with Crippen LogP contribution in [0.3, 0.4) is 0 Å². The van der Waals surface area contributed by atoms with Crippen molar-refractivity contribution in [3.05, 3.63) is 26.7 Å². The van der Waals surface area contributed by atoms with Gasteiger partial charge in [0.05, 0.1) is 15.7 Å². The molecule has 2 unspecified atom stereocenters. The number of hydrogen-bond acceptors (Lipinski definition) is 2. The monoisotopic (exact) mass is 376 g/mol. The molecule has 0 radical (unpaired) electrons. The van der Waals surface area contributed by atoms with E-state index in [0.717, 1.165) is 16.7 Å². The molecule has 2 atom stereocenters. The molecular weight excluding hydrogens is 359 g/mol. The van der Waals surface area contributed by atoms with E-state index in [1.165, 1.54) is 25.7 Å². The third kappa shape index (κ3) is 2.58. The summed E-state index contributed by atoms with van der Waals surface area (Å²) in [6.45, 7) is 3.23. The molecule has 1 aromatic carbocycles. The zero-order chi connectivity index (χ0) is 14.3. The molecule has 1 aromatic rings. The summed E-state index contributed by atoms with van der Waals surface area (Å²) < 4.78 is 0.864. The Hall–Kier alpha value is 0.0400. The van der Waals surface area contributed by atoms with E-state index in [0.29, 0.717) is 28.2 Å². The zero-order valence-electron chi connectivity index (χ0n) is 11.5. The number of benzene rings is 1. The molecule has 2 heterocycles. The number of fused-ring (bicyclic) bond motifs is 2. The van der Waals surface area contributed by atoms with Crippen LogP contribution in [-0.4, -0.2) is 24.7 Å². The van der Waals surface area contributed by atoms with Crippen molar-refractivity contribution in [2.45, 2.75) is 50.7 Å². The van der Waals surface area contributed by atoms with Crippen molar-refractivity contribution in [3.8, 4) is 0 Å². The van der Waals surface area contributed by atoms with Gasteiger partial charge in [0.25, 0.3) is 0 Å². The summed E-state index contributed by atoms with van der Waals surface area (Å²) in [4.78, 5) is 2.51. The lowest BCUT2D eigenvalue weighted by Gasteiger charge is -2.41. The van der Waals surface area contributed by atoms with Gasteiger partial charge in [0.15, 0.2) is 0 Å². The third-order valence-corrected chi connectivity index (χ3v) is 6.28. The lowest BCUT2D eigenvalue weighted by molar-refractivity contribution is 0.361. The van der Waals surface area contributed by atoms with Gasteiger partial charge in [0.2, 0.25) is 0 Å². The van der Waals surface area contributed by atoms with Crippen molar-refractivity contribution in [3.63, 3.8) is 0 Å². The molecule has 1 N–H and O–H groups in total.